The highest BCUT2D eigenvalue weighted by atomic mass is 19.4. The zero-order chi connectivity index (χ0) is 12.0. The van der Waals surface area contributed by atoms with Crippen LogP contribution in [-0.2, 0) is 0 Å². The zero-order valence-corrected chi connectivity index (χ0v) is 8.85. The monoisotopic (exact) mass is 230 g/mol. The zero-order valence-electron chi connectivity index (χ0n) is 8.85. The van der Waals surface area contributed by atoms with E-state index in [0.29, 0.717) is 6.42 Å². The third-order valence-corrected chi connectivity index (χ3v) is 2.01. The van der Waals surface area contributed by atoms with E-state index in [1.165, 1.54) is 0 Å². The van der Waals surface area contributed by atoms with Crippen LogP contribution in [0.1, 0.15) is 19.4 Å². The second kappa shape index (κ2) is 5.53. The van der Waals surface area contributed by atoms with Crippen LogP contribution in [0, 0.1) is 0 Å². The predicted octanol–water partition coefficient (Wildman–Crippen LogP) is 3.51. The van der Waals surface area contributed by atoms with Gasteiger partial charge in [0.1, 0.15) is 0 Å². The molecule has 0 saturated heterocycles. The Labute approximate surface area is 92.1 Å². The lowest BCUT2D eigenvalue weighted by molar-refractivity contribution is -0.0800. The van der Waals surface area contributed by atoms with Crippen molar-refractivity contribution in [1.82, 2.24) is 9.55 Å². The van der Waals surface area contributed by atoms with E-state index in [1.54, 1.807) is 23.3 Å². The quantitative estimate of drug-likeness (QED) is 0.724. The van der Waals surface area contributed by atoms with E-state index in [9.17, 15) is 13.2 Å². The molecular weight excluding hydrogens is 217 g/mol. The summed E-state index contributed by atoms with van der Waals surface area (Å²) >= 11 is 0. The van der Waals surface area contributed by atoms with E-state index in [-0.39, 0.29) is 12.1 Å². The molecule has 1 aromatic heterocycles. The number of imidazole rings is 1. The molecule has 1 heterocycles. The molecule has 1 atom stereocenters. The fraction of sp³-hybridized carbons (Fsp3) is 0.364. The summed E-state index contributed by atoms with van der Waals surface area (Å²) in [6.07, 6.45) is 6.01. The van der Waals surface area contributed by atoms with Crippen molar-refractivity contribution < 1.29 is 13.2 Å². The van der Waals surface area contributed by atoms with E-state index < -0.39 is 6.18 Å². The van der Waals surface area contributed by atoms with Crippen LogP contribution in [0.2, 0.25) is 0 Å². The van der Waals surface area contributed by atoms with Crippen LogP contribution in [0.25, 0.3) is 0 Å². The molecule has 88 valence electrons. The lowest BCUT2D eigenvalue weighted by Gasteiger charge is -2.11. The molecule has 0 fully saturated rings. The number of hydrogen-bond acceptors (Lipinski definition) is 1. The number of nitrogens with zero attached hydrogens (tertiary/aromatic N) is 2. The lowest BCUT2D eigenvalue weighted by atomic mass is 10.2. The minimum atomic E-state index is -4.24. The van der Waals surface area contributed by atoms with Gasteiger partial charge in [-0.3, -0.25) is 0 Å². The summed E-state index contributed by atoms with van der Waals surface area (Å²) in [4.78, 5) is 3.86. The third-order valence-electron chi connectivity index (χ3n) is 2.01. The molecule has 0 aliphatic heterocycles. The third kappa shape index (κ3) is 4.33. The van der Waals surface area contributed by atoms with Gasteiger partial charge >= 0.3 is 6.18 Å². The van der Waals surface area contributed by atoms with Crippen molar-refractivity contribution in [3.8, 4) is 0 Å². The molecule has 0 N–H and O–H groups in total. The topological polar surface area (TPSA) is 17.8 Å². The Kier molecular flexibility index (Phi) is 4.34. The van der Waals surface area contributed by atoms with E-state index in [4.69, 9.17) is 0 Å². The minimum Gasteiger partial charge on any atom is -0.330 e. The smallest absolute Gasteiger partial charge is 0.330 e. The summed E-state index contributed by atoms with van der Waals surface area (Å²) in [7, 11) is 0. The van der Waals surface area contributed by atoms with Crippen LogP contribution >= 0.6 is 0 Å². The van der Waals surface area contributed by atoms with Crippen molar-refractivity contribution in [3.63, 3.8) is 0 Å². The fourth-order valence-corrected chi connectivity index (χ4v) is 1.33. The molecule has 0 aliphatic carbocycles. The highest BCUT2D eigenvalue weighted by molar-refractivity contribution is 4.99. The lowest BCUT2D eigenvalue weighted by Crippen LogP contribution is -2.05. The molecule has 0 aromatic carbocycles. The highest BCUT2D eigenvalue weighted by Crippen LogP contribution is 2.19. The molecule has 0 unspecified atom stereocenters. The SMILES string of the molecule is C/C=C/[C@H](C/C=C/C(F)(F)F)n1ccnc1. The summed E-state index contributed by atoms with van der Waals surface area (Å²) < 4.78 is 37.5. The van der Waals surface area contributed by atoms with Gasteiger partial charge in [0.2, 0.25) is 0 Å². The number of alkyl halides is 3. The van der Waals surface area contributed by atoms with E-state index in [0.717, 1.165) is 6.08 Å². The molecule has 1 aromatic rings. The standard InChI is InChI=1S/C11H13F3N2/c1-2-4-10(16-8-7-15-9-16)5-3-6-11(12,13)14/h2-4,6-10H,5H2,1H3/b4-2+,6-3+/t10-/m1/s1. The van der Waals surface area contributed by atoms with Gasteiger partial charge in [-0.15, -0.1) is 0 Å². The molecule has 0 radical (unpaired) electrons. The number of aromatic nitrogens is 2. The van der Waals surface area contributed by atoms with Crippen molar-refractivity contribution >= 4 is 0 Å². The van der Waals surface area contributed by atoms with Crippen molar-refractivity contribution in [3.05, 3.63) is 43.0 Å². The van der Waals surface area contributed by atoms with Gasteiger partial charge < -0.3 is 4.57 Å². The molecule has 0 bridgehead atoms. The summed E-state index contributed by atoms with van der Waals surface area (Å²) in [6.45, 7) is 1.83. The van der Waals surface area contributed by atoms with Crippen LogP contribution in [-0.4, -0.2) is 15.7 Å². The fourth-order valence-electron chi connectivity index (χ4n) is 1.33. The predicted molar refractivity (Wildman–Crippen MR) is 55.9 cm³/mol. The Morgan fingerprint density at radius 1 is 1.44 bits per heavy atom. The van der Waals surface area contributed by atoms with Crippen LogP contribution in [0.5, 0.6) is 0 Å². The average Bonchev–Trinajstić information content (AvgIpc) is 2.67. The van der Waals surface area contributed by atoms with Gasteiger partial charge in [-0.2, -0.15) is 13.2 Å². The van der Waals surface area contributed by atoms with Crippen LogP contribution in [0.15, 0.2) is 43.0 Å². The number of allylic oxidation sites excluding steroid dienone is 4. The Balaban J connectivity index is 2.64. The highest BCUT2D eigenvalue weighted by Gasteiger charge is 2.21. The molecule has 0 saturated carbocycles. The second-order valence-corrected chi connectivity index (χ2v) is 3.28. The molecule has 2 nitrogen and oxygen atoms in total. The van der Waals surface area contributed by atoms with Crippen molar-refractivity contribution in [2.45, 2.75) is 25.6 Å². The minimum absolute atomic E-state index is 0.119. The number of halogens is 3. The second-order valence-electron chi connectivity index (χ2n) is 3.28. The largest absolute Gasteiger partial charge is 0.409 e. The Bertz CT molecular complexity index is 350. The first-order valence-electron chi connectivity index (χ1n) is 4.87. The van der Waals surface area contributed by atoms with Crippen molar-refractivity contribution in [2.75, 3.05) is 0 Å². The number of rotatable bonds is 4. The van der Waals surface area contributed by atoms with Crippen LogP contribution in [0.3, 0.4) is 0 Å². The first-order valence-corrected chi connectivity index (χ1v) is 4.87. The molecule has 0 aliphatic rings. The van der Waals surface area contributed by atoms with Crippen molar-refractivity contribution in [2.24, 2.45) is 0 Å². The number of hydrogen-bond donors (Lipinski definition) is 0. The molecule has 0 spiro atoms. The molecule has 1 rings (SSSR count). The summed E-state index contributed by atoms with van der Waals surface area (Å²) in [6, 6.07) is -0.119. The molecule has 5 heteroatoms. The Morgan fingerprint density at radius 3 is 2.69 bits per heavy atom. The maximum atomic E-state index is 11.9. The van der Waals surface area contributed by atoms with Gasteiger partial charge in [-0.25, -0.2) is 4.98 Å². The average molecular weight is 230 g/mol. The van der Waals surface area contributed by atoms with Crippen molar-refractivity contribution in [1.29, 1.82) is 0 Å². The molecule has 16 heavy (non-hydrogen) atoms. The van der Waals surface area contributed by atoms with Gasteiger partial charge in [0.05, 0.1) is 12.4 Å². The van der Waals surface area contributed by atoms with E-state index in [2.05, 4.69) is 4.98 Å². The van der Waals surface area contributed by atoms with Gasteiger partial charge in [0.25, 0.3) is 0 Å². The van der Waals surface area contributed by atoms with Gasteiger partial charge in [-0.05, 0) is 13.3 Å². The summed E-state index contributed by atoms with van der Waals surface area (Å²) in [5.74, 6) is 0. The van der Waals surface area contributed by atoms with Gasteiger partial charge in [0, 0.05) is 18.5 Å². The van der Waals surface area contributed by atoms with Gasteiger partial charge in [0.15, 0.2) is 0 Å². The van der Waals surface area contributed by atoms with Crippen LogP contribution in [0.4, 0.5) is 13.2 Å². The molecular formula is C11H13F3N2. The van der Waals surface area contributed by atoms with Crippen LogP contribution < -0.4 is 0 Å². The maximum Gasteiger partial charge on any atom is 0.409 e. The summed E-state index contributed by atoms with van der Waals surface area (Å²) in [5, 5.41) is 0. The first-order chi connectivity index (χ1) is 7.53. The maximum absolute atomic E-state index is 11.9. The normalized spacial score (nSPS) is 15.0. The molecule has 0 amide bonds. The van der Waals surface area contributed by atoms with Gasteiger partial charge in [-0.1, -0.05) is 18.2 Å². The Hall–Kier alpha value is -1.52. The van der Waals surface area contributed by atoms with E-state index >= 15 is 0 Å². The Morgan fingerprint density at radius 2 is 2.19 bits per heavy atom. The summed E-state index contributed by atoms with van der Waals surface area (Å²) in [5.41, 5.74) is 0. The van der Waals surface area contributed by atoms with E-state index in [1.807, 2.05) is 19.1 Å². The first kappa shape index (κ1) is 12.5.